The maximum absolute atomic E-state index is 2.50. The fourth-order valence-electron chi connectivity index (χ4n) is 7.28. The van der Waals surface area contributed by atoms with E-state index in [9.17, 15) is 0 Å². The first-order valence-corrected chi connectivity index (χ1v) is 15.5. The number of thiophene rings is 1. The SMILES string of the molecule is Cc1ccc(N2c3ccc(C)cc3B3c4cc(C)ccc4-c4cc(-c5ccc6c(c5)sc5ccccc56)cc2c43)cc1. The van der Waals surface area contributed by atoms with Gasteiger partial charge in [-0.15, -0.1) is 11.3 Å². The van der Waals surface area contributed by atoms with Gasteiger partial charge in [0.25, 0.3) is 0 Å². The van der Waals surface area contributed by atoms with E-state index in [0.717, 1.165) is 0 Å². The van der Waals surface area contributed by atoms with E-state index >= 15 is 0 Å². The summed E-state index contributed by atoms with van der Waals surface area (Å²) in [6, 6.07) is 43.7. The van der Waals surface area contributed by atoms with Crippen LogP contribution in [0, 0.1) is 20.8 Å². The van der Waals surface area contributed by atoms with Crippen LogP contribution in [-0.2, 0) is 0 Å². The molecule has 0 atom stereocenters. The van der Waals surface area contributed by atoms with E-state index in [4.69, 9.17) is 0 Å². The third-order valence-electron chi connectivity index (χ3n) is 9.24. The zero-order chi connectivity index (χ0) is 28.1. The van der Waals surface area contributed by atoms with Crippen molar-refractivity contribution in [1.29, 1.82) is 0 Å². The molecule has 1 aromatic heterocycles. The minimum absolute atomic E-state index is 0.237. The fraction of sp³-hybridized carbons (Fsp3) is 0.0769. The molecule has 6 aromatic carbocycles. The number of hydrogen-bond acceptors (Lipinski definition) is 2. The molecule has 0 N–H and O–H groups in total. The van der Waals surface area contributed by atoms with E-state index in [1.54, 1.807) is 0 Å². The maximum atomic E-state index is 2.50. The Balaban J connectivity index is 1.35. The normalized spacial score (nSPS) is 13.0. The number of nitrogens with zero attached hydrogens (tertiary/aromatic N) is 1. The molecule has 1 nitrogen and oxygen atoms in total. The van der Waals surface area contributed by atoms with Crippen LogP contribution in [-0.4, -0.2) is 6.71 Å². The lowest BCUT2D eigenvalue weighted by molar-refractivity contribution is 1.28. The van der Waals surface area contributed by atoms with Gasteiger partial charge in [-0.2, -0.15) is 0 Å². The molecular formula is C39H28BNS. The van der Waals surface area contributed by atoms with Gasteiger partial charge < -0.3 is 4.90 Å². The highest BCUT2D eigenvalue weighted by Crippen LogP contribution is 2.44. The first-order valence-electron chi connectivity index (χ1n) is 14.7. The van der Waals surface area contributed by atoms with E-state index in [-0.39, 0.29) is 6.71 Å². The number of rotatable bonds is 2. The van der Waals surface area contributed by atoms with Crippen molar-refractivity contribution in [1.82, 2.24) is 0 Å². The van der Waals surface area contributed by atoms with Gasteiger partial charge in [0.15, 0.2) is 0 Å². The lowest BCUT2D eigenvalue weighted by Gasteiger charge is -2.36. The number of hydrogen-bond donors (Lipinski definition) is 0. The van der Waals surface area contributed by atoms with Crippen molar-refractivity contribution in [3.05, 3.63) is 132 Å². The van der Waals surface area contributed by atoms with Crippen LogP contribution in [0.4, 0.5) is 17.1 Å². The van der Waals surface area contributed by atoms with Crippen molar-refractivity contribution in [2.24, 2.45) is 0 Å². The molecular weight excluding hydrogens is 525 g/mol. The molecule has 0 bridgehead atoms. The second-order valence-electron chi connectivity index (χ2n) is 12.0. The van der Waals surface area contributed by atoms with Gasteiger partial charge in [-0.25, -0.2) is 0 Å². The molecule has 0 saturated carbocycles. The molecule has 0 radical (unpaired) electrons. The van der Waals surface area contributed by atoms with Gasteiger partial charge in [0.05, 0.1) is 0 Å². The van der Waals surface area contributed by atoms with Crippen LogP contribution in [0.25, 0.3) is 42.4 Å². The Labute approximate surface area is 250 Å². The minimum atomic E-state index is 0.237. The van der Waals surface area contributed by atoms with Crippen LogP contribution in [0.2, 0.25) is 0 Å². The van der Waals surface area contributed by atoms with Gasteiger partial charge in [-0.3, -0.25) is 0 Å². The Morgan fingerprint density at radius 2 is 1.26 bits per heavy atom. The van der Waals surface area contributed by atoms with Gasteiger partial charge in [0.1, 0.15) is 0 Å². The molecule has 7 aromatic rings. The highest BCUT2D eigenvalue weighted by atomic mass is 32.1. The van der Waals surface area contributed by atoms with Crippen LogP contribution in [0.1, 0.15) is 16.7 Å². The fourth-order valence-corrected chi connectivity index (χ4v) is 8.42. The molecule has 3 heteroatoms. The zero-order valence-corrected chi connectivity index (χ0v) is 24.7. The Morgan fingerprint density at radius 1 is 0.524 bits per heavy atom. The molecule has 0 unspecified atom stereocenters. The van der Waals surface area contributed by atoms with Crippen molar-refractivity contribution < 1.29 is 0 Å². The number of benzene rings is 6. The third kappa shape index (κ3) is 3.38. The predicted molar refractivity (Wildman–Crippen MR) is 184 cm³/mol. The summed E-state index contributed by atoms with van der Waals surface area (Å²) in [7, 11) is 0. The first-order chi connectivity index (χ1) is 20.5. The summed E-state index contributed by atoms with van der Waals surface area (Å²) in [5.41, 5.74) is 17.2. The summed E-state index contributed by atoms with van der Waals surface area (Å²) in [6.07, 6.45) is 0. The second-order valence-corrected chi connectivity index (χ2v) is 13.1. The third-order valence-corrected chi connectivity index (χ3v) is 10.4. The number of fused-ring (bicyclic) bond motifs is 8. The van der Waals surface area contributed by atoms with E-state index < -0.39 is 0 Å². The Kier molecular flexibility index (Phi) is 4.98. The van der Waals surface area contributed by atoms with Gasteiger partial charge in [-0.05, 0) is 96.4 Å². The topological polar surface area (TPSA) is 3.24 Å². The molecule has 3 heterocycles. The highest BCUT2D eigenvalue weighted by Gasteiger charge is 2.42. The molecule has 42 heavy (non-hydrogen) atoms. The van der Waals surface area contributed by atoms with Crippen molar-refractivity contribution in [2.75, 3.05) is 4.90 Å². The summed E-state index contributed by atoms with van der Waals surface area (Å²) in [5, 5.41) is 2.69. The van der Waals surface area contributed by atoms with Crippen LogP contribution in [0.5, 0.6) is 0 Å². The van der Waals surface area contributed by atoms with Crippen LogP contribution in [0.3, 0.4) is 0 Å². The average Bonchev–Trinajstić information content (AvgIpc) is 3.53. The standard InChI is InChI=1S/C39H28BNS/c1-23-8-13-28(14-9-23)41-35-17-11-25(3)19-34(35)40-33-18-24(2)10-15-29(33)32-20-27(21-36(41)39(32)40)26-12-16-31-30-6-4-5-7-37(30)42-38(31)22-26/h4-22H,1-3H3. The van der Waals surface area contributed by atoms with E-state index in [1.807, 2.05) is 11.3 Å². The smallest absolute Gasteiger partial charge is 0.248 e. The average molecular weight is 554 g/mol. The molecule has 0 amide bonds. The lowest BCUT2D eigenvalue weighted by Crippen LogP contribution is -2.54. The van der Waals surface area contributed by atoms with Crippen molar-refractivity contribution in [3.8, 4) is 22.3 Å². The van der Waals surface area contributed by atoms with Gasteiger partial charge >= 0.3 is 0 Å². The summed E-state index contributed by atoms with van der Waals surface area (Å²) >= 11 is 1.89. The summed E-state index contributed by atoms with van der Waals surface area (Å²) in [4.78, 5) is 2.50. The van der Waals surface area contributed by atoms with Gasteiger partial charge in [-0.1, -0.05) is 94.9 Å². The van der Waals surface area contributed by atoms with Gasteiger partial charge in [0, 0.05) is 37.2 Å². The zero-order valence-electron chi connectivity index (χ0n) is 23.9. The van der Waals surface area contributed by atoms with Crippen molar-refractivity contribution >= 4 is 71.7 Å². The Bertz CT molecular complexity index is 2240. The predicted octanol–water partition coefficient (Wildman–Crippen LogP) is 8.93. The molecule has 0 saturated heterocycles. The number of anilines is 3. The van der Waals surface area contributed by atoms with Crippen molar-refractivity contribution in [3.63, 3.8) is 0 Å². The molecule has 0 aliphatic carbocycles. The number of aryl methyl sites for hydroxylation is 3. The van der Waals surface area contributed by atoms with E-state index in [2.05, 4.69) is 141 Å². The molecule has 198 valence electrons. The van der Waals surface area contributed by atoms with Crippen molar-refractivity contribution in [2.45, 2.75) is 20.8 Å². The molecule has 9 rings (SSSR count). The first kappa shape index (κ1) is 24.0. The Morgan fingerprint density at radius 3 is 2.12 bits per heavy atom. The summed E-state index contributed by atoms with van der Waals surface area (Å²) in [5.74, 6) is 0. The van der Waals surface area contributed by atoms with Crippen LogP contribution >= 0.6 is 11.3 Å². The van der Waals surface area contributed by atoms with Gasteiger partial charge in [0.2, 0.25) is 6.71 Å². The monoisotopic (exact) mass is 553 g/mol. The lowest BCUT2D eigenvalue weighted by atomic mass is 9.37. The highest BCUT2D eigenvalue weighted by molar-refractivity contribution is 7.25. The quantitative estimate of drug-likeness (QED) is 0.193. The maximum Gasteiger partial charge on any atom is 0.248 e. The molecule has 2 aliphatic heterocycles. The molecule has 0 spiro atoms. The summed E-state index contributed by atoms with van der Waals surface area (Å²) in [6.45, 7) is 6.83. The largest absolute Gasteiger partial charge is 0.311 e. The van der Waals surface area contributed by atoms with Crippen LogP contribution in [0.15, 0.2) is 115 Å². The van der Waals surface area contributed by atoms with Crippen LogP contribution < -0.4 is 21.3 Å². The molecule has 0 fully saturated rings. The Hall–Kier alpha value is -4.60. The van der Waals surface area contributed by atoms with E-state index in [1.165, 1.54) is 92.6 Å². The molecule has 2 aliphatic rings. The summed E-state index contributed by atoms with van der Waals surface area (Å²) < 4.78 is 2.69. The minimum Gasteiger partial charge on any atom is -0.311 e. The second kappa shape index (κ2) is 8.70. The van der Waals surface area contributed by atoms with E-state index in [0.29, 0.717) is 0 Å².